The number of hydrogen-bond acceptors (Lipinski definition) is 5. The van der Waals surface area contributed by atoms with Crippen LogP contribution in [0, 0.1) is 5.82 Å². The first kappa shape index (κ1) is 19.6. The number of benzene rings is 2. The summed E-state index contributed by atoms with van der Waals surface area (Å²) >= 11 is 0. The lowest BCUT2D eigenvalue weighted by molar-refractivity contribution is 0.00477. The number of carbonyl (C=O) groups is 1. The van der Waals surface area contributed by atoms with Crippen LogP contribution < -0.4 is 10.1 Å². The zero-order valence-corrected chi connectivity index (χ0v) is 15.0. The van der Waals surface area contributed by atoms with Gasteiger partial charge < -0.3 is 24.3 Å². The molecule has 1 atom stereocenters. The Balaban J connectivity index is 1.39. The van der Waals surface area contributed by atoms with Crippen molar-refractivity contribution in [1.82, 2.24) is 0 Å². The van der Waals surface area contributed by atoms with E-state index < -0.39 is 6.10 Å². The molecule has 3 rings (SSSR count). The first-order valence-corrected chi connectivity index (χ1v) is 8.69. The zero-order chi connectivity index (χ0) is 19.8. The molecule has 0 aliphatic heterocycles. The molecule has 3 aromatic rings. The summed E-state index contributed by atoms with van der Waals surface area (Å²) in [4.78, 5) is 11.9. The van der Waals surface area contributed by atoms with Crippen molar-refractivity contribution in [1.29, 1.82) is 0 Å². The molecule has 0 aliphatic rings. The van der Waals surface area contributed by atoms with E-state index in [-0.39, 0.29) is 37.3 Å². The van der Waals surface area contributed by atoms with Crippen LogP contribution in [-0.2, 0) is 11.3 Å². The minimum absolute atomic E-state index is 0.0195. The fourth-order valence-corrected chi connectivity index (χ4v) is 2.40. The minimum atomic E-state index is -0.856. The van der Waals surface area contributed by atoms with Crippen molar-refractivity contribution in [2.24, 2.45) is 0 Å². The molecule has 1 aromatic heterocycles. The highest BCUT2D eigenvalue weighted by molar-refractivity contribution is 6.02. The maximum absolute atomic E-state index is 13.5. The lowest BCUT2D eigenvalue weighted by Crippen LogP contribution is -2.23. The maximum Gasteiger partial charge on any atom is 0.291 e. The van der Waals surface area contributed by atoms with Crippen LogP contribution in [0.25, 0.3) is 0 Å². The number of carbonyl (C=O) groups excluding carboxylic acids is 1. The molecule has 28 heavy (non-hydrogen) atoms. The quantitative estimate of drug-likeness (QED) is 0.588. The summed E-state index contributed by atoms with van der Waals surface area (Å²) < 4.78 is 29.3. The van der Waals surface area contributed by atoms with Gasteiger partial charge in [0.1, 0.15) is 24.3 Å². The van der Waals surface area contributed by atoms with Crippen LogP contribution in [0.2, 0.25) is 0 Å². The van der Waals surface area contributed by atoms with E-state index in [0.717, 1.165) is 0 Å². The van der Waals surface area contributed by atoms with Gasteiger partial charge in [0.15, 0.2) is 5.76 Å². The van der Waals surface area contributed by atoms with Crippen molar-refractivity contribution in [3.63, 3.8) is 0 Å². The first-order chi connectivity index (χ1) is 13.6. The van der Waals surface area contributed by atoms with Crippen molar-refractivity contribution in [3.8, 4) is 5.75 Å². The molecule has 0 aliphatic carbocycles. The van der Waals surface area contributed by atoms with Gasteiger partial charge in [0.05, 0.1) is 19.5 Å². The third-order valence-electron chi connectivity index (χ3n) is 3.83. The largest absolute Gasteiger partial charge is 0.491 e. The van der Waals surface area contributed by atoms with Crippen molar-refractivity contribution < 1.29 is 28.2 Å². The number of hydrogen-bond donors (Lipinski definition) is 2. The molecular formula is C21H20FNO5. The van der Waals surface area contributed by atoms with Gasteiger partial charge in [0.25, 0.3) is 5.91 Å². The van der Waals surface area contributed by atoms with Gasteiger partial charge in [-0.05, 0) is 42.5 Å². The van der Waals surface area contributed by atoms with Gasteiger partial charge in [-0.1, -0.05) is 18.2 Å². The molecule has 0 bridgehead atoms. The number of halogens is 1. The number of aliphatic hydroxyl groups is 1. The molecule has 1 amide bonds. The Morgan fingerprint density at radius 2 is 1.86 bits per heavy atom. The number of nitrogens with one attached hydrogen (secondary N) is 1. The molecule has 7 heteroatoms. The Kier molecular flexibility index (Phi) is 6.78. The van der Waals surface area contributed by atoms with Crippen LogP contribution in [0.3, 0.4) is 0 Å². The molecular weight excluding hydrogens is 365 g/mol. The van der Waals surface area contributed by atoms with Crippen LogP contribution in [0.15, 0.2) is 71.3 Å². The SMILES string of the molecule is O=C(Nc1ccc(OC[C@@H](O)COCc2ccccc2F)cc1)c1ccco1. The number of aliphatic hydroxyl groups excluding tert-OH is 1. The summed E-state index contributed by atoms with van der Waals surface area (Å²) in [6.07, 6.45) is 0.571. The van der Waals surface area contributed by atoms with E-state index in [1.807, 2.05) is 0 Å². The van der Waals surface area contributed by atoms with Crippen molar-refractivity contribution >= 4 is 11.6 Å². The maximum atomic E-state index is 13.5. The summed E-state index contributed by atoms with van der Waals surface area (Å²) in [5, 5.41) is 12.6. The van der Waals surface area contributed by atoms with Crippen LogP contribution in [0.5, 0.6) is 5.75 Å². The number of furan rings is 1. The third-order valence-corrected chi connectivity index (χ3v) is 3.83. The van der Waals surface area contributed by atoms with Gasteiger partial charge in [-0.25, -0.2) is 4.39 Å². The van der Waals surface area contributed by atoms with E-state index >= 15 is 0 Å². The number of amides is 1. The fourth-order valence-electron chi connectivity index (χ4n) is 2.40. The molecule has 0 saturated carbocycles. The van der Waals surface area contributed by atoms with Crippen LogP contribution in [0.4, 0.5) is 10.1 Å². The smallest absolute Gasteiger partial charge is 0.291 e. The first-order valence-electron chi connectivity index (χ1n) is 8.69. The van der Waals surface area contributed by atoms with E-state index in [2.05, 4.69) is 5.32 Å². The van der Waals surface area contributed by atoms with Crippen molar-refractivity contribution in [2.75, 3.05) is 18.5 Å². The Labute approximate surface area is 161 Å². The molecule has 0 unspecified atom stereocenters. The van der Waals surface area contributed by atoms with Gasteiger partial charge >= 0.3 is 0 Å². The Hall–Kier alpha value is -3.16. The summed E-state index contributed by atoms with van der Waals surface area (Å²) in [7, 11) is 0. The second-order valence-corrected chi connectivity index (χ2v) is 6.03. The summed E-state index contributed by atoms with van der Waals surface area (Å²) in [5.41, 5.74) is 1.02. The van der Waals surface area contributed by atoms with E-state index in [1.54, 1.807) is 54.6 Å². The van der Waals surface area contributed by atoms with E-state index in [0.29, 0.717) is 17.0 Å². The summed E-state index contributed by atoms with van der Waals surface area (Å²) in [6.45, 7) is 0.120. The monoisotopic (exact) mass is 385 g/mol. The molecule has 2 N–H and O–H groups in total. The highest BCUT2D eigenvalue weighted by Crippen LogP contribution is 2.17. The molecule has 146 valence electrons. The van der Waals surface area contributed by atoms with E-state index in [1.165, 1.54) is 12.3 Å². The molecule has 0 radical (unpaired) electrons. The lowest BCUT2D eigenvalue weighted by Gasteiger charge is -2.13. The van der Waals surface area contributed by atoms with Gasteiger partial charge in [-0.3, -0.25) is 4.79 Å². The fraction of sp³-hybridized carbons (Fsp3) is 0.190. The highest BCUT2D eigenvalue weighted by Gasteiger charge is 2.10. The Bertz CT molecular complexity index is 880. The average Bonchev–Trinajstić information content (AvgIpc) is 3.24. The highest BCUT2D eigenvalue weighted by atomic mass is 19.1. The number of rotatable bonds is 9. The topological polar surface area (TPSA) is 80.9 Å². The van der Waals surface area contributed by atoms with Gasteiger partial charge in [-0.2, -0.15) is 0 Å². The van der Waals surface area contributed by atoms with Crippen molar-refractivity contribution in [2.45, 2.75) is 12.7 Å². The van der Waals surface area contributed by atoms with Crippen LogP contribution in [-0.4, -0.2) is 30.3 Å². The standard InChI is InChI=1S/C21H20FNO5/c22-19-5-2-1-4-15(19)12-26-13-17(24)14-28-18-9-7-16(8-10-18)23-21(25)20-6-3-11-27-20/h1-11,17,24H,12-14H2,(H,23,25)/t17-/m0/s1. The average molecular weight is 385 g/mol. The summed E-state index contributed by atoms with van der Waals surface area (Å²) in [6, 6.07) is 16.2. The van der Waals surface area contributed by atoms with E-state index in [4.69, 9.17) is 13.9 Å². The van der Waals surface area contributed by atoms with Crippen LogP contribution >= 0.6 is 0 Å². The van der Waals surface area contributed by atoms with Gasteiger partial charge in [-0.15, -0.1) is 0 Å². The Morgan fingerprint density at radius 1 is 1.07 bits per heavy atom. The molecule has 1 heterocycles. The lowest BCUT2D eigenvalue weighted by atomic mass is 10.2. The minimum Gasteiger partial charge on any atom is -0.491 e. The van der Waals surface area contributed by atoms with Gasteiger partial charge in [0, 0.05) is 11.3 Å². The van der Waals surface area contributed by atoms with Gasteiger partial charge in [0.2, 0.25) is 0 Å². The molecule has 2 aromatic carbocycles. The normalized spacial score (nSPS) is 11.8. The summed E-state index contributed by atoms with van der Waals surface area (Å²) in [5.74, 6) is 0.0662. The zero-order valence-electron chi connectivity index (χ0n) is 15.0. The second kappa shape index (κ2) is 9.68. The third kappa shape index (κ3) is 5.67. The molecule has 6 nitrogen and oxygen atoms in total. The Morgan fingerprint density at radius 3 is 2.57 bits per heavy atom. The second-order valence-electron chi connectivity index (χ2n) is 6.03. The van der Waals surface area contributed by atoms with Crippen molar-refractivity contribution in [3.05, 3.63) is 84.1 Å². The molecule has 0 saturated heterocycles. The predicted octanol–water partition coefficient (Wildman–Crippen LogP) is 3.63. The number of ether oxygens (including phenoxy) is 2. The molecule has 0 spiro atoms. The van der Waals surface area contributed by atoms with E-state index in [9.17, 15) is 14.3 Å². The molecule has 0 fully saturated rings. The predicted molar refractivity (Wildman–Crippen MR) is 101 cm³/mol. The van der Waals surface area contributed by atoms with Crippen LogP contribution in [0.1, 0.15) is 16.1 Å². The number of anilines is 1.